The van der Waals surface area contributed by atoms with Crippen LogP contribution in [0.4, 0.5) is 13.2 Å². The van der Waals surface area contributed by atoms with Crippen molar-refractivity contribution in [1.82, 2.24) is 0 Å². The highest BCUT2D eigenvalue weighted by Gasteiger charge is 2.29. The third kappa shape index (κ3) is 4.71. The molecule has 0 saturated heterocycles. The highest BCUT2D eigenvalue weighted by Crippen LogP contribution is 2.24. The second kappa shape index (κ2) is 4.09. The molecule has 0 aromatic rings. The summed E-state index contributed by atoms with van der Waals surface area (Å²) in [6.07, 6.45) is -1.27. The molecule has 0 aliphatic rings. The predicted octanol–water partition coefficient (Wildman–Crippen LogP) is 2.64. The van der Waals surface area contributed by atoms with Crippen LogP contribution in [0.3, 0.4) is 0 Å². The average molecular weight is 178 g/mol. The quantitative estimate of drug-likeness (QED) is 0.469. The van der Waals surface area contributed by atoms with Crippen molar-refractivity contribution in [2.45, 2.75) is 20.0 Å². The van der Waals surface area contributed by atoms with Gasteiger partial charge in [0.25, 0.3) is 0 Å². The molecule has 0 aromatic heterocycles. The zero-order chi connectivity index (χ0) is 9.78. The van der Waals surface area contributed by atoms with Crippen LogP contribution < -0.4 is 0 Å². The number of carbonyl (C=O) groups excluding carboxylic acids is 1. The van der Waals surface area contributed by atoms with Gasteiger partial charge in [-0.25, -0.2) is 0 Å². The van der Waals surface area contributed by atoms with Gasteiger partial charge in [0, 0.05) is 5.57 Å². The lowest BCUT2D eigenvalue weighted by Crippen LogP contribution is -2.08. The van der Waals surface area contributed by atoms with E-state index < -0.39 is 11.7 Å². The Labute approximate surface area is 68.6 Å². The van der Waals surface area contributed by atoms with Gasteiger partial charge in [0.1, 0.15) is 0 Å². The number of allylic oxidation sites excluding steroid dienone is 4. The SMILES string of the molecule is CC(=O)/C=C\C=C(/C)C(F)(F)F. The molecule has 68 valence electrons. The number of hydrogen-bond donors (Lipinski definition) is 0. The highest BCUT2D eigenvalue weighted by molar-refractivity contribution is 5.87. The Kier molecular flexibility index (Phi) is 3.73. The third-order valence-electron chi connectivity index (χ3n) is 1.12. The molecule has 0 saturated carbocycles. The van der Waals surface area contributed by atoms with Crippen LogP contribution in [0.15, 0.2) is 23.8 Å². The Morgan fingerprint density at radius 2 is 1.75 bits per heavy atom. The molecule has 0 N–H and O–H groups in total. The standard InChI is InChI=1S/C8H9F3O/c1-6(8(9,10)11)4-3-5-7(2)12/h3-5H,1-2H3/b5-3-,6-4+. The van der Waals surface area contributed by atoms with Gasteiger partial charge in [-0.3, -0.25) is 4.79 Å². The summed E-state index contributed by atoms with van der Waals surface area (Å²) >= 11 is 0. The monoisotopic (exact) mass is 178 g/mol. The van der Waals surface area contributed by atoms with Gasteiger partial charge in [-0.2, -0.15) is 13.2 Å². The maximum absolute atomic E-state index is 11.8. The Bertz CT molecular complexity index is 223. The molecular formula is C8H9F3O. The van der Waals surface area contributed by atoms with Crippen molar-refractivity contribution in [3.8, 4) is 0 Å². The van der Waals surface area contributed by atoms with Gasteiger partial charge >= 0.3 is 6.18 Å². The summed E-state index contributed by atoms with van der Waals surface area (Å²) in [7, 11) is 0. The van der Waals surface area contributed by atoms with E-state index in [1.165, 1.54) is 6.92 Å². The van der Waals surface area contributed by atoms with E-state index >= 15 is 0 Å². The molecule has 0 bridgehead atoms. The first-order valence-corrected chi connectivity index (χ1v) is 3.27. The van der Waals surface area contributed by atoms with Crippen molar-refractivity contribution in [2.75, 3.05) is 0 Å². The third-order valence-corrected chi connectivity index (χ3v) is 1.12. The second-order valence-corrected chi connectivity index (χ2v) is 2.32. The molecule has 0 aromatic carbocycles. The predicted molar refractivity (Wildman–Crippen MR) is 39.6 cm³/mol. The van der Waals surface area contributed by atoms with Crippen molar-refractivity contribution in [3.63, 3.8) is 0 Å². The van der Waals surface area contributed by atoms with E-state index in [0.717, 1.165) is 25.2 Å². The second-order valence-electron chi connectivity index (χ2n) is 2.32. The van der Waals surface area contributed by atoms with Crippen molar-refractivity contribution in [2.24, 2.45) is 0 Å². The molecule has 0 radical (unpaired) electrons. The van der Waals surface area contributed by atoms with Crippen LogP contribution in [-0.2, 0) is 4.79 Å². The minimum absolute atomic E-state index is 0.277. The summed E-state index contributed by atoms with van der Waals surface area (Å²) in [5.41, 5.74) is -0.722. The lowest BCUT2D eigenvalue weighted by molar-refractivity contribution is -0.112. The van der Waals surface area contributed by atoms with Gasteiger partial charge in [0.2, 0.25) is 0 Å². The van der Waals surface area contributed by atoms with Gasteiger partial charge in [-0.1, -0.05) is 12.2 Å². The van der Waals surface area contributed by atoms with Crippen LogP contribution >= 0.6 is 0 Å². The highest BCUT2D eigenvalue weighted by atomic mass is 19.4. The largest absolute Gasteiger partial charge is 0.412 e. The van der Waals surface area contributed by atoms with Gasteiger partial charge in [-0.15, -0.1) is 0 Å². The van der Waals surface area contributed by atoms with E-state index in [1.807, 2.05) is 0 Å². The molecule has 0 unspecified atom stereocenters. The summed E-state index contributed by atoms with van der Waals surface area (Å²) in [5.74, 6) is -0.277. The Hall–Kier alpha value is -1.06. The summed E-state index contributed by atoms with van der Waals surface area (Å²) < 4.78 is 35.4. The molecule has 0 fully saturated rings. The van der Waals surface area contributed by atoms with E-state index in [4.69, 9.17) is 0 Å². The lowest BCUT2D eigenvalue weighted by atomic mass is 10.2. The number of rotatable bonds is 2. The Morgan fingerprint density at radius 1 is 1.25 bits per heavy atom. The molecule has 0 rings (SSSR count). The van der Waals surface area contributed by atoms with E-state index in [1.54, 1.807) is 0 Å². The first-order chi connectivity index (χ1) is 5.34. The van der Waals surface area contributed by atoms with Crippen LogP contribution in [-0.4, -0.2) is 12.0 Å². The number of carbonyl (C=O) groups is 1. The number of hydrogen-bond acceptors (Lipinski definition) is 1. The van der Waals surface area contributed by atoms with E-state index in [9.17, 15) is 18.0 Å². The molecular weight excluding hydrogens is 169 g/mol. The summed E-state index contributed by atoms with van der Waals surface area (Å²) in [6.45, 7) is 2.22. The maximum atomic E-state index is 11.8. The summed E-state index contributed by atoms with van der Waals surface area (Å²) in [5, 5.41) is 0. The fourth-order valence-electron chi connectivity index (χ4n) is 0.422. The molecule has 0 aliphatic carbocycles. The molecule has 0 atom stereocenters. The normalized spacial score (nSPS) is 13.9. The van der Waals surface area contributed by atoms with Gasteiger partial charge in [-0.05, 0) is 19.9 Å². The minimum atomic E-state index is -4.30. The molecule has 1 nitrogen and oxygen atoms in total. The van der Waals surface area contributed by atoms with Crippen molar-refractivity contribution >= 4 is 5.78 Å². The lowest BCUT2D eigenvalue weighted by Gasteiger charge is -2.03. The van der Waals surface area contributed by atoms with Crippen LogP contribution in [0.25, 0.3) is 0 Å². The topological polar surface area (TPSA) is 17.1 Å². The molecule has 0 amide bonds. The first-order valence-electron chi connectivity index (χ1n) is 3.27. The average Bonchev–Trinajstić information content (AvgIpc) is 1.84. The zero-order valence-electron chi connectivity index (χ0n) is 6.77. The number of ketones is 1. The van der Waals surface area contributed by atoms with Gasteiger partial charge in [0.05, 0.1) is 0 Å². The van der Waals surface area contributed by atoms with Crippen molar-refractivity contribution in [3.05, 3.63) is 23.8 Å². The van der Waals surface area contributed by atoms with Crippen LogP contribution in [0.1, 0.15) is 13.8 Å². The summed E-state index contributed by atoms with van der Waals surface area (Å²) in [4.78, 5) is 10.3. The minimum Gasteiger partial charge on any atom is -0.295 e. The fraction of sp³-hybridized carbons (Fsp3) is 0.375. The zero-order valence-corrected chi connectivity index (χ0v) is 6.77. The van der Waals surface area contributed by atoms with Crippen LogP contribution in [0, 0.1) is 0 Å². The smallest absolute Gasteiger partial charge is 0.295 e. The fourth-order valence-corrected chi connectivity index (χ4v) is 0.422. The van der Waals surface area contributed by atoms with Crippen LogP contribution in [0.5, 0.6) is 0 Å². The molecule has 4 heteroatoms. The number of alkyl halides is 3. The van der Waals surface area contributed by atoms with E-state index in [2.05, 4.69) is 0 Å². The van der Waals surface area contributed by atoms with Crippen molar-refractivity contribution in [1.29, 1.82) is 0 Å². The Balaban J connectivity index is 4.29. The van der Waals surface area contributed by atoms with Crippen molar-refractivity contribution < 1.29 is 18.0 Å². The van der Waals surface area contributed by atoms with Gasteiger partial charge in [0.15, 0.2) is 5.78 Å². The number of halogens is 3. The van der Waals surface area contributed by atoms with E-state index in [0.29, 0.717) is 0 Å². The van der Waals surface area contributed by atoms with E-state index in [-0.39, 0.29) is 5.78 Å². The molecule has 12 heavy (non-hydrogen) atoms. The maximum Gasteiger partial charge on any atom is 0.412 e. The first kappa shape index (κ1) is 10.9. The molecule has 0 heterocycles. The Morgan fingerprint density at radius 3 is 2.08 bits per heavy atom. The van der Waals surface area contributed by atoms with Gasteiger partial charge < -0.3 is 0 Å². The summed E-state index contributed by atoms with van der Waals surface area (Å²) in [6, 6.07) is 0. The molecule has 0 spiro atoms. The molecule has 0 aliphatic heterocycles. The van der Waals surface area contributed by atoms with Crippen LogP contribution in [0.2, 0.25) is 0 Å².